The number of nitrogen functional groups attached to an aromatic ring is 1. The van der Waals surface area contributed by atoms with E-state index < -0.39 is 0 Å². The Hall–Kier alpha value is -1.11. The molecule has 1 atom stereocenters. The van der Waals surface area contributed by atoms with E-state index in [0.717, 1.165) is 23.0 Å². The van der Waals surface area contributed by atoms with Gasteiger partial charge in [-0.3, -0.25) is 9.69 Å². The first-order chi connectivity index (χ1) is 10.1. The molecule has 1 amide bonds. The summed E-state index contributed by atoms with van der Waals surface area (Å²) in [6.07, 6.45) is 0.933. The lowest BCUT2D eigenvalue weighted by Crippen LogP contribution is -2.53. The Balaban J connectivity index is 2.04. The summed E-state index contributed by atoms with van der Waals surface area (Å²) in [5.41, 5.74) is 7.73. The van der Waals surface area contributed by atoms with Gasteiger partial charge in [-0.25, -0.2) is 0 Å². The summed E-state index contributed by atoms with van der Waals surface area (Å²) in [7, 11) is 0. The molecule has 1 aromatic carbocycles. The SMILES string of the molecule is CCCNC(=O)C1COCCN1Cc1ccc(Br)c(N)c1. The number of benzene rings is 1. The van der Waals surface area contributed by atoms with Crippen LogP contribution in [-0.2, 0) is 16.1 Å². The van der Waals surface area contributed by atoms with E-state index in [2.05, 4.69) is 26.1 Å². The van der Waals surface area contributed by atoms with Crippen molar-refractivity contribution < 1.29 is 9.53 Å². The van der Waals surface area contributed by atoms with E-state index in [0.29, 0.717) is 32.0 Å². The molecule has 0 aliphatic carbocycles. The summed E-state index contributed by atoms with van der Waals surface area (Å²) in [6, 6.07) is 5.68. The van der Waals surface area contributed by atoms with Crippen LogP contribution in [0, 0.1) is 0 Å². The standard InChI is InChI=1S/C15H22BrN3O2/c1-2-5-18-15(20)14-10-21-7-6-19(14)9-11-3-4-12(16)13(17)8-11/h3-4,8,14H,2,5-7,9-10,17H2,1H3,(H,18,20). The van der Waals surface area contributed by atoms with Crippen LogP contribution in [0.1, 0.15) is 18.9 Å². The Labute approximate surface area is 134 Å². The van der Waals surface area contributed by atoms with Crippen LogP contribution >= 0.6 is 15.9 Å². The monoisotopic (exact) mass is 355 g/mol. The number of amides is 1. The van der Waals surface area contributed by atoms with Crippen LogP contribution in [0.25, 0.3) is 0 Å². The van der Waals surface area contributed by atoms with E-state index in [1.807, 2.05) is 25.1 Å². The summed E-state index contributed by atoms with van der Waals surface area (Å²) in [5, 5.41) is 2.95. The highest BCUT2D eigenvalue weighted by molar-refractivity contribution is 9.10. The topological polar surface area (TPSA) is 67.6 Å². The number of ether oxygens (including phenoxy) is 1. The molecule has 0 radical (unpaired) electrons. The average molecular weight is 356 g/mol. The Morgan fingerprint density at radius 1 is 1.57 bits per heavy atom. The van der Waals surface area contributed by atoms with Crippen molar-refractivity contribution in [2.75, 3.05) is 32.0 Å². The van der Waals surface area contributed by atoms with Gasteiger partial charge in [0.2, 0.25) is 5.91 Å². The number of hydrogen-bond acceptors (Lipinski definition) is 4. The highest BCUT2D eigenvalue weighted by Gasteiger charge is 2.29. The van der Waals surface area contributed by atoms with Gasteiger partial charge < -0.3 is 15.8 Å². The molecule has 6 heteroatoms. The van der Waals surface area contributed by atoms with Gasteiger partial charge in [0.1, 0.15) is 6.04 Å². The molecule has 1 aromatic rings. The summed E-state index contributed by atoms with van der Waals surface area (Å²) in [4.78, 5) is 14.4. The molecular weight excluding hydrogens is 334 g/mol. The fourth-order valence-corrected chi connectivity index (χ4v) is 2.61. The Morgan fingerprint density at radius 2 is 2.38 bits per heavy atom. The van der Waals surface area contributed by atoms with Crippen LogP contribution in [0.2, 0.25) is 0 Å². The van der Waals surface area contributed by atoms with Crippen molar-refractivity contribution >= 4 is 27.5 Å². The number of hydrogen-bond donors (Lipinski definition) is 2. The van der Waals surface area contributed by atoms with E-state index in [9.17, 15) is 4.79 Å². The van der Waals surface area contributed by atoms with E-state index in [4.69, 9.17) is 10.5 Å². The molecule has 1 aliphatic rings. The summed E-state index contributed by atoms with van der Waals surface area (Å²) in [5.74, 6) is 0.0432. The fourth-order valence-electron chi connectivity index (χ4n) is 2.36. The number of nitrogens with two attached hydrogens (primary N) is 1. The normalized spacial score (nSPS) is 19.4. The van der Waals surface area contributed by atoms with Crippen molar-refractivity contribution in [2.24, 2.45) is 0 Å². The molecule has 21 heavy (non-hydrogen) atoms. The van der Waals surface area contributed by atoms with Crippen molar-refractivity contribution in [3.05, 3.63) is 28.2 Å². The number of rotatable bonds is 5. The zero-order valence-corrected chi connectivity index (χ0v) is 13.9. The van der Waals surface area contributed by atoms with Crippen molar-refractivity contribution in [2.45, 2.75) is 25.9 Å². The Kier molecular flexibility index (Phi) is 6.02. The van der Waals surface area contributed by atoms with Crippen LogP contribution < -0.4 is 11.1 Å². The minimum absolute atomic E-state index is 0.0432. The second-order valence-corrected chi connectivity index (χ2v) is 6.06. The molecule has 0 saturated carbocycles. The predicted molar refractivity (Wildman–Crippen MR) is 86.9 cm³/mol. The molecule has 3 N–H and O–H groups in total. The predicted octanol–water partition coefficient (Wildman–Crippen LogP) is 1.76. The highest BCUT2D eigenvalue weighted by atomic mass is 79.9. The number of halogens is 1. The molecule has 0 aromatic heterocycles. The maximum Gasteiger partial charge on any atom is 0.239 e. The lowest BCUT2D eigenvalue weighted by atomic mass is 10.1. The van der Waals surface area contributed by atoms with Crippen LogP contribution in [-0.4, -0.2) is 43.2 Å². The Morgan fingerprint density at radius 3 is 3.10 bits per heavy atom. The Bertz CT molecular complexity index is 496. The maximum atomic E-state index is 12.2. The van der Waals surface area contributed by atoms with Crippen molar-refractivity contribution in [1.29, 1.82) is 0 Å². The molecule has 1 fully saturated rings. The van der Waals surface area contributed by atoms with Crippen LogP contribution in [0.15, 0.2) is 22.7 Å². The summed E-state index contributed by atoms with van der Waals surface area (Å²) in [6.45, 7) is 5.30. The van der Waals surface area contributed by atoms with E-state index in [-0.39, 0.29) is 11.9 Å². The third-order valence-electron chi connectivity index (χ3n) is 3.54. The van der Waals surface area contributed by atoms with Crippen LogP contribution in [0.4, 0.5) is 5.69 Å². The number of anilines is 1. The smallest absolute Gasteiger partial charge is 0.239 e. The minimum Gasteiger partial charge on any atom is -0.398 e. The van der Waals surface area contributed by atoms with E-state index in [1.54, 1.807) is 0 Å². The molecule has 1 aliphatic heterocycles. The van der Waals surface area contributed by atoms with Crippen LogP contribution in [0.3, 0.4) is 0 Å². The fraction of sp³-hybridized carbons (Fsp3) is 0.533. The number of nitrogens with zero attached hydrogens (tertiary/aromatic N) is 1. The molecule has 1 unspecified atom stereocenters. The first kappa shape index (κ1) is 16.3. The highest BCUT2D eigenvalue weighted by Crippen LogP contribution is 2.22. The molecule has 0 spiro atoms. The second-order valence-electron chi connectivity index (χ2n) is 5.21. The van der Waals surface area contributed by atoms with Crippen LogP contribution in [0.5, 0.6) is 0 Å². The molecule has 1 saturated heterocycles. The third-order valence-corrected chi connectivity index (χ3v) is 4.26. The molecular formula is C15H22BrN3O2. The van der Waals surface area contributed by atoms with Gasteiger partial charge in [0.25, 0.3) is 0 Å². The number of carbonyl (C=O) groups excluding carboxylic acids is 1. The maximum absolute atomic E-state index is 12.2. The minimum atomic E-state index is -0.227. The van der Waals surface area contributed by atoms with Gasteiger partial charge in [-0.05, 0) is 40.0 Å². The summed E-state index contributed by atoms with van der Waals surface area (Å²) >= 11 is 3.40. The van der Waals surface area contributed by atoms with Crippen molar-refractivity contribution in [1.82, 2.24) is 10.2 Å². The van der Waals surface area contributed by atoms with Gasteiger partial charge in [0.05, 0.1) is 13.2 Å². The quantitative estimate of drug-likeness (QED) is 0.789. The first-order valence-electron chi connectivity index (χ1n) is 7.25. The van der Waals surface area contributed by atoms with Gasteiger partial charge in [0, 0.05) is 29.8 Å². The zero-order chi connectivity index (χ0) is 15.2. The second kappa shape index (κ2) is 7.77. The molecule has 116 valence electrons. The molecule has 1 heterocycles. The first-order valence-corrected chi connectivity index (χ1v) is 8.04. The lowest BCUT2D eigenvalue weighted by molar-refractivity contribution is -0.132. The number of morpholine rings is 1. The number of carbonyl (C=O) groups is 1. The molecule has 0 bridgehead atoms. The van der Waals surface area contributed by atoms with Gasteiger partial charge in [-0.15, -0.1) is 0 Å². The van der Waals surface area contributed by atoms with E-state index >= 15 is 0 Å². The molecule has 5 nitrogen and oxygen atoms in total. The van der Waals surface area contributed by atoms with Gasteiger partial charge >= 0.3 is 0 Å². The van der Waals surface area contributed by atoms with Gasteiger partial charge in [-0.2, -0.15) is 0 Å². The third kappa shape index (κ3) is 4.43. The zero-order valence-electron chi connectivity index (χ0n) is 12.3. The number of nitrogens with one attached hydrogen (secondary N) is 1. The summed E-state index contributed by atoms with van der Waals surface area (Å²) < 4.78 is 6.35. The van der Waals surface area contributed by atoms with Gasteiger partial charge in [-0.1, -0.05) is 13.0 Å². The van der Waals surface area contributed by atoms with Crippen molar-refractivity contribution in [3.8, 4) is 0 Å². The van der Waals surface area contributed by atoms with Crippen molar-refractivity contribution in [3.63, 3.8) is 0 Å². The van der Waals surface area contributed by atoms with E-state index in [1.165, 1.54) is 0 Å². The largest absolute Gasteiger partial charge is 0.398 e. The van der Waals surface area contributed by atoms with Gasteiger partial charge in [0.15, 0.2) is 0 Å². The molecule has 2 rings (SSSR count). The average Bonchev–Trinajstić information content (AvgIpc) is 2.49. The lowest BCUT2D eigenvalue weighted by Gasteiger charge is -2.34.